The molecule has 0 bridgehead atoms. The van der Waals surface area contributed by atoms with Crippen LogP contribution in [0.15, 0.2) is 65.8 Å². The van der Waals surface area contributed by atoms with E-state index in [1.807, 2.05) is 60.9 Å². The van der Waals surface area contributed by atoms with Gasteiger partial charge in [-0.1, -0.05) is 71.4 Å². The van der Waals surface area contributed by atoms with Gasteiger partial charge in [0, 0.05) is 28.7 Å². The summed E-state index contributed by atoms with van der Waals surface area (Å²) in [5, 5.41) is 15.3. The molecule has 0 aliphatic heterocycles. The standard InChI is InChI=1S/C24H22Cl2N4O2S/c1-3-30-23(15(2)32-21-13-17(25)11-12-19(21)26)28-29-24(30)33-14-22(31)27-20-10-6-8-16-7-4-5-9-18(16)20/h4-13,15H,3,14H2,1-2H3,(H,27,31). The predicted octanol–water partition coefficient (Wildman–Crippen LogP) is 6.63. The van der Waals surface area contributed by atoms with E-state index in [4.69, 9.17) is 27.9 Å². The number of fused-ring (bicyclic) bond motifs is 1. The number of amides is 1. The SMILES string of the molecule is CCn1c(SCC(=O)Nc2cccc3ccccc23)nnc1C(C)Oc1cc(Cl)ccc1Cl. The highest BCUT2D eigenvalue weighted by Crippen LogP contribution is 2.32. The Bertz CT molecular complexity index is 1290. The summed E-state index contributed by atoms with van der Waals surface area (Å²) in [6.45, 7) is 4.49. The molecule has 1 N–H and O–H groups in total. The number of rotatable bonds is 8. The first-order valence-electron chi connectivity index (χ1n) is 10.4. The molecule has 6 nitrogen and oxygen atoms in total. The Morgan fingerprint density at radius 1 is 1.12 bits per heavy atom. The van der Waals surface area contributed by atoms with Crippen LogP contribution in [-0.4, -0.2) is 26.4 Å². The number of anilines is 1. The third kappa shape index (κ3) is 5.43. The van der Waals surface area contributed by atoms with Gasteiger partial charge < -0.3 is 14.6 Å². The van der Waals surface area contributed by atoms with Crippen LogP contribution in [0, 0.1) is 0 Å². The fraction of sp³-hybridized carbons (Fsp3) is 0.208. The Morgan fingerprint density at radius 3 is 2.73 bits per heavy atom. The van der Waals surface area contributed by atoms with Crippen LogP contribution in [0.5, 0.6) is 5.75 Å². The number of thioether (sulfide) groups is 1. The van der Waals surface area contributed by atoms with Gasteiger partial charge in [-0.15, -0.1) is 10.2 Å². The van der Waals surface area contributed by atoms with E-state index >= 15 is 0 Å². The van der Waals surface area contributed by atoms with Crippen molar-refractivity contribution in [1.29, 1.82) is 0 Å². The highest BCUT2D eigenvalue weighted by Gasteiger charge is 2.20. The van der Waals surface area contributed by atoms with Gasteiger partial charge in [-0.25, -0.2) is 0 Å². The van der Waals surface area contributed by atoms with Gasteiger partial charge in [0.2, 0.25) is 5.91 Å². The van der Waals surface area contributed by atoms with Crippen LogP contribution in [0.25, 0.3) is 10.8 Å². The van der Waals surface area contributed by atoms with Crippen LogP contribution in [-0.2, 0) is 11.3 Å². The summed E-state index contributed by atoms with van der Waals surface area (Å²) in [6.07, 6.45) is -0.410. The minimum absolute atomic E-state index is 0.112. The van der Waals surface area contributed by atoms with E-state index in [0.717, 1.165) is 16.5 Å². The topological polar surface area (TPSA) is 69.0 Å². The molecule has 33 heavy (non-hydrogen) atoms. The van der Waals surface area contributed by atoms with Crippen LogP contribution in [0.3, 0.4) is 0 Å². The molecule has 170 valence electrons. The third-order valence-corrected chi connectivity index (χ3v) is 6.53. The van der Waals surface area contributed by atoms with Gasteiger partial charge in [0.25, 0.3) is 0 Å². The maximum absolute atomic E-state index is 12.6. The van der Waals surface area contributed by atoms with Crippen LogP contribution < -0.4 is 10.1 Å². The molecule has 1 unspecified atom stereocenters. The maximum atomic E-state index is 12.6. The lowest BCUT2D eigenvalue weighted by Gasteiger charge is -2.16. The van der Waals surface area contributed by atoms with Gasteiger partial charge >= 0.3 is 0 Å². The Labute approximate surface area is 206 Å². The van der Waals surface area contributed by atoms with E-state index < -0.39 is 6.10 Å². The Kier molecular flexibility index (Phi) is 7.42. The van der Waals surface area contributed by atoms with Gasteiger partial charge in [0.15, 0.2) is 17.1 Å². The van der Waals surface area contributed by atoms with E-state index in [1.54, 1.807) is 18.2 Å². The second-order valence-corrected chi connectivity index (χ2v) is 9.07. The van der Waals surface area contributed by atoms with E-state index in [1.165, 1.54) is 11.8 Å². The van der Waals surface area contributed by atoms with Crippen molar-refractivity contribution in [2.45, 2.75) is 31.7 Å². The molecule has 0 saturated carbocycles. The molecule has 3 aromatic carbocycles. The molecule has 4 rings (SSSR count). The highest BCUT2D eigenvalue weighted by molar-refractivity contribution is 7.99. The number of carbonyl (C=O) groups is 1. The monoisotopic (exact) mass is 500 g/mol. The van der Waals surface area contributed by atoms with Crippen LogP contribution in [0.4, 0.5) is 5.69 Å². The summed E-state index contributed by atoms with van der Waals surface area (Å²) in [4.78, 5) is 12.6. The first-order valence-corrected chi connectivity index (χ1v) is 12.2. The molecule has 4 aromatic rings. The highest BCUT2D eigenvalue weighted by atomic mass is 35.5. The van der Waals surface area contributed by atoms with E-state index in [2.05, 4.69) is 15.5 Å². The zero-order chi connectivity index (χ0) is 23.4. The van der Waals surface area contributed by atoms with Crippen molar-refractivity contribution in [1.82, 2.24) is 14.8 Å². The lowest BCUT2D eigenvalue weighted by atomic mass is 10.1. The van der Waals surface area contributed by atoms with Crippen molar-refractivity contribution in [2.24, 2.45) is 0 Å². The first kappa shape index (κ1) is 23.4. The summed E-state index contributed by atoms with van der Waals surface area (Å²) < 4.78 is 7.91. The van der Waals surface area contributed by atoms with E-state index in [0.29, 0.717) is 33.3 Å². The number of hydrogen-bond acceptors (Lipinski definition) is 5. The molecule has 0 spiro atoms. The van der Waals surface area contributed by atoms with Gasteiger partial charge in [-0.05, 0) is 37.4 Å². The van der Waals surface area contributed by atoms with Crippen LogP contribution >= 0.6 is 35.0 Å². The lowest BCUT2D eigenvalue weighted by molar-refractivity contribution is -0.113. The molecule has 1 amide bonds. The molecule has 0 aliphatic rings. The van der Waals surface area contributed by atoms with Crippen molar-refractivity contribution in [3.63, 3.8) is 0 Å². The van der Waals surface area contributed by atoms with E-state index in [9.17, 15) is 4.79 Å². The third-order valence-electron chi connectivity index (χ3n) is 5.02. The van der Waals surface area contributed by atoms with Gasteiger partial charge in [-0.2, -0.15) is 0 Å². The van der Waals surface area contributed by atoms with Crippen molar-refractivity contribution in [3.8, 4) is 5.75 Å². The fourth-order valence-corrected chi connectivity index (χ4v) is 4.60. The predicted molar refractivity (Wildman–Crippen MR) is 135 cm³/mol. The number of halogens is 2. The van der Waals surface area contributed by atoms with E-state index in [-0.39, 0.29) is 11.7 Å². The molecule has 1 aromatic heterocycles. The molecule has 0 saturated heterocycles. The van der Waals surface area contributed by atoms with Crippen molar-refractivity contribution >= 4 is 57.3 Å². The quantitative estimate of drug-likeness (QED) is 0.275. The van der Waals surface area contributed by atoms with Gasteiger partial charge in [0.1, 0.15) is 5.75 Å². The number of ether oxygens (including phenoxy) is 1. The number of benzene rings is 3. The molecule has 0 aliphatic carbocycles. The number of nitrogens with one attached hydrogen (secondary N) is 1. The van der Waals surface area contributed by atoms with Crippen LogP contribution in [0.2, 0.25) is 10.0 Å². The van der Waals surface area contributed by atoms with Crippen molar-refractivity contribution in [3.05, 3.63) is 76.5 Å². The molecule has 9 heteroatoms. The van der Waals surface area contributed by atoms with Crippen molar-refractivity contribution < 1.29 is 9.53 Å². The van der Waals surface area contributed by atoms with Crippen molar-refractivity contribution in [2.75, 3.05) is 11.1 Å². The summed E-state index contributed by atoms with van der Waals surface area (Å²) in [5.41, 5.74) is 0.789. The zero-order valence-electron chi connectivity index (χ0n) is 18.1. The minimum atomic E-state index is -0.410. The van der Waals surface area contributed by atoms with Gasteiger partial charge in [-0.3, -0.25) is 4.79 Å². The molecular formula is C24H22Cl2N4O2S. The summed E-state index contributed by atoms with van der Waals surface area (Å²) in [7, 11) is 0. The second-order valence-electron chi connectivity index (χ2n) is 7.28. The van der Waals surface area contributed by atoms with Crippen LogP contribution in [0.1, 0.15) is 25.8 Å². The Morgan fingerprint density at radius 2 is 1.91 bits per heavy atom. The number of aromatic nitrogens is 3. The number of hydrogen-bond donors (Lipinski definition) is 1. The summed E-state index contributed by atoms with van der Waals surface area (Å²) in [5.74, 6) is 1.21. The molecule has 1 atom stereocenters. The largest absolute Gasteiger partial charge is 0.481 e. The molecule has 0 fully saturated rings. The Hall–Kier alpha value is -2.74. The minimum Gasteiger partial charge on any atom is -0.481 e. The molecule has 0 radical (unpaired) electrons. The number of carbonyl (C=O) groups excluding carboxylic acids is 1. The lowest BCUT2D eigenvalue weighted by Crippen LogP contribution is -2.15. The molecule has 1 heterocycles. The first-order chi connectivity index (χ1) is 16.0. The average molecular weight is 501 g/mol. The second kappa shape index (κ2) is 10.5. The molecular weight excluding hydrogens is 479 g/mol. The average Bonchev–Trinajstić information content (AvgIpc) is 3.23. The Balaban J connectivity index is 1.43. The summed E-state index contributed by atoms with van der Waals surface area (Å²) >= 11 is 13.6. The van der Waals surface area contributed by atoms with Gasteiger partial charge in [0.05, 0.1) is 10.8 Å². The zero-order valence-corrected chi connectivity index (χ0v) is 20.4. The fourth-order valence-electron chi connectivity index (χ4n) is 3.47. The smallest absolute Gasteiger partial charge is 0.234 e. The normalized spacial score (nSPS) is 12.0. The summed E-state index contributed by atoms with van der Waals surface area (Å²) in [6, 6.07) is 18.8. The maximum Gasteiger partial charge on any atom is 0.234 e. The number of nitrogens with zero attached hydrogens (tertiary/aromatic N) is 3.